The maximum Gasteiger partial charge on any atom is 0.109 e. The normalized spacial score (nSPS) is 37.0. The van der Waals surface area contributed by atoms with E-state index in [1.807, 2.05) is 18.2 Å². The summed E-state index contributed by atoms with van der Waals surface area (Å²) in [4.78, 5) is 0. The topological polar surface area (TPSA) is 61.7 Å². The minimum absolute atomic E-state index is 0.0977. The van der Waals surface area contributed by atoms with Crippen LogP contribution in [0.15, 0.2) is 30.3 Å². The van der Waals surface area contributed by atoms with Gasteiger partial charge in [-0.15, -0.1) is 0 Å². The van der Waals surface area contributed by atoms with E-state index in [9.17, 15) is 10.2 Å². The first-order valence-electron chi connectivity index (χ1n) is 8.22. The van der Waals surface area contributed by atoms with Gasteiger partial charge in [-0.1, -0.05) is 30.3 Å². The highest BCUT2D eigenvalue weighted by Gasteiger charge is 2.57. The van der Waals surface area contributed by atoms with Crippen molar-refractivity contribution in [2.24, 2.45) is 5.92 Å². The van der Waals surface area contributed by atoms with Gasteiger partial charge in [0.25, 0.3) is 0 Å². The van der Waals surface area contributed by atoms with E-state index in [1.165, 1.54) is 5.56 Å². The molecule has 3 rings (SSSR count). The second-order valence-corrected chi connectivity index (χ2v) is 7.41. The molecule has 1 aliphatic carbocycles. The lowest BCUT2D eigenvalue weighted by atomic mass is 9.79. The molecule has 1 saturated carbocycles. The molecule has 1 saturated heterocycles. The van der Waals surface area contributed by atoms with E-state index >= 15 is 0 Å². The van der Waals surface area contributed by atoms with Crippen LogP contribution in [0, 0.1) is 5.92 Å². The zero-order chi connectivity index (χ0) is 15.8. The van der Waals surface area contributed by atoms with E-state index in [4.69, 9.17) is 4.74 Å². The molecule has 0 aromatic heterocycles. The van der Waals surface area contributed by atoms with Crippen LogP contribution < -0.4 is 5.32 Å². The van der Waals surface area contributed by atoms with E-state index in [0.29, 0.717) is 13.0 Å². The molecule has 2 fully saturated rings. The van der Waals surface area contributed by atoms with Gasteiger partial charge in [-0.3, -0.25) is 0 Å². The smallest absolute Gasteiger partial charge is 0.109 e. The van der Waals surface area contributed by atoms with Gasteiger partial charge in [0.1, 0.15) is 5.60 Å². The van der Waals surface area contributed by atoms with Crippen LogP contribution in [0.2, 0.25) is 0 Å². The lowest BCUT2D eigenvalue weighted by Gasteiger charge is -2.45. The van der Waals surface area contributed by atoms with Crippen molar-refractivity contribution < 1.29 is 14.9 Å². The highest BCUT2D eigenvalue weighted by molar-refractivity contribution is 5.15. The molecule has 3 N–H and O–H groups in total. The van der Waals surface area contributed by atoms with Crippen LogP contribution in [0.5, 0.6) is 0 Å². The molecule has 4 heteroatoms. The van der Waals surface area contributed by atoms with Crippen LogP contribution in [0.3, 0.4) is 0 Å². The van der Waals surface area contributed by atoms with Gasteiger partial charge in [0.05, 0.1) is 24.4 Å². The van der Waals surface area contributed by atoms with Crippen LogP contribution in [-0.2, 0) is 11.2 Å². The number of aliphatic hydroxyl groups excluding tert-OH is 1. The second kappa shape index (κ2) is 5.93. The van der Waals surface area contributed by atoms with Gasteiger partial charge in [-0.05, 0) is 51.1 Å². The van der Waals surface area contributed by atoms with Crippen LogP contribution >= 0.6 is 0 Å². The third-order valence-electron chi connectivity index (χ3n) is 5.21. The Labute approximate surface area is 132 Å². The Morgan fingerprint density at radius 2 is 2.00 bits per heavy atom. The summed E-state index contributed by atoms with van der Waals surface area (Å²) < 4.78 is 5.82. The van der Waals surface area contributed by atoms with E-state index in [-0.39, 0.29) is 17.6 Å². The summed E-state index contributed by atoms with van der Waals surface area (Å²) in [6.07, 6.45) is 1.81. The van der Waals surface area contributed by atoms with Crippen LogP contribution in [0.4, 0.5) is 0 Å². The third kappa shape index (κ3) is 3.06. The van der Waals surface area contributed by atoms with Gasteiger partial charge in [0, 0.05) is 0 Å². The molecule has 0 amide bonds. The maximum absolute atomic E-state index is 11.0. The molecule has 0 bridgehead atoms. The van der Waals surface area contributed by atoms with Crippen molar-refractivity contribution >= 4 is 0 Å². The predicted molar refractivity (Wildman–Crippen MR) is 85.6 cm³/mol. The first-order chi connectivity index (χ1) is 10.4. The zero-order valence-electron chi connectivity index (χ0n) is 13.5. The SMILES string of the molecule is CC1(C)C[C@H]2C[C@@H](O)[C@H](NCCc3ccccc3)[C@]2(O)CO1. The highest BCUT2D eigenvalue weighted by Crippen LogP contribution is 2.45. The molecular weight excluding hydrogens is 278 g/mol. The Morgan fingerprint density at radius 1 is 1.27 bits per heavy atom. The number of rotatable bonds is 4. The average molecular weight is 305 g/mol. The fraction of sp³-hybridized carbons (Fsp3) is 0.667. The van der Waals surface area contributed by atoms with Crippen LogP contribution in [0.1, 0.15) is 32.3 Å². The van der Waals surface area contributed by atoms with E-state index in [0.717, 1.165) is 19.4 Å². The monoisotopic (exact) mass is 305 g/mol. The van der Waals surface area contributed by atoms with Gasteiger partial charge >= 0.3 is 0 Å². The largest absolute Gasteiger partial charge is 0.391 e. The molecule has 22 heavy (non-hydrogen) atoms. The number of hydrogen-bond acceptors (Lipinski definition) is 4. The number of fused-ring (bicyclic) bond motifs is 1. The van der Waals surface area contributed by atoms with E-state index < -0.39 is 11.7 Å². The molecule has 0 spiro atoms. The summed E-state index contributed by atoms with van der Waals surface area (Å²) >= 11 is 0. The van der Waals surface area contributed by atoms with E-state index in [2.05, 4.69) is 31.3 Å². The lowest BCUT2D eigenvalue weighted by molar-refractivity contribution is -0.184. The number of aliphatic hydroxyl groups is 2. The molecule has 4 nitrogen and oxygen atoms in total. The van der Waals surface area contributed by atoms with Crippen LogP contribution in [-0.4, -0.2) is 46.7 Å². The summed E-state index contributed by atoms with van der Waals surface area (Å²) in [5.41, 5.74) is 0.0910. The molecule has 1 aromatic carbocycles. The summed E-state index contributed by atoms with van der Waals surface area (Å²) in [6.45, 7) is 5.14. The molecule has 4 atom stereocenters. The Morgan fingerprint density at radius 3 is 2.73 bits per heavy atom. The fourth-order valence-electron chi connectivity index (χ4n) is 3.98. The van der Waals surface area contributed by atoms with Crippen molar-refractivity contribution in [2.75, 3.05) is 13.2 Å². The lowest BCUT2D eigenvalue weighted by Crippen LogP contribution is -2.60. The first kappa shape index (κ1) is 15.9. The summed E-state index contributed by atoms with van der Waals surface area (Å²) in [7, 11) is 0. The number of nitrogens with one attached hydrogen (secondary N) is 1. The van der Waals surface area contributed by atoms with Crippen molar-refractivity contribution in [3.8, 4) is 0 Å². The van der Waals surface area contributed by atoms with Crippen molar-refractivity contribution in [3.63, 3.8) is 0 Å². The van der Waals surface area contributed by atoms with Crippen molar-refractivity contribution in [1.29, 1.82) is 0 Å². The maximum atomic E-state index is 11.0. The molecule has 1 aliphatic heterocycles. The van der Waals surface area contributed by atoms with Gasteiger partial charge in [0.15, 0.2) is 0 Å². The molecule has 1 aromatic rings. The number of ether oxygens (including phenoxy) is 1. The standard InChI is InChI=1S/C18H27NO3/c1-17(2)11-14-10-15(20)16(18(14,21)12-22-17)19-9-8-13-6-4-3-5-7-13/h3-7,14-16,19-21H,8-12H2,1-2H3/t14-,15-,16+,18+/m1/s1. The zero-order valence-corrected chi connectivity index (χ0v) is 13.5. The molecule has 2 aliphatic rings. The van der Waals surface area contributed by atoms with Gasteiger partial charge in [0.2, 0.25) is 0 Å². The minimum Gasteiger partial charge on any atom is -0.391 e. The number of benzene rings is 1. The van der Waals surface area contributed by atoms with Gasteiger partial charge < -0.3 is 20.3 Å². The Hall–Kier alpha value is -0.940. The Kier molecular flexibility index (Phi) is 4.29. The van der Waals surface area contributed by atoms with Gasteiger partial charge in [-0.25, -0.2) is 0 Å². The van der Waals surface area contributed by atoms with Crippen LogP contribution in [0.25, 0.3) is 0 Å². The Bertz CT molecular complexity index is 504. The molecule has 0 unspecified atom stereocenters. The van der Waals surface area contributed by atoms with E-state index in [1.54, 1.807) is 0 Å². The Balaban J connectivity index is 1.61. The highest BCUT2D eigenvalue weighted by atomic mass is 16.5. The minimum atomic E-state index is -0.953. The van der Waals surface area contributed by atoms with Crippen molar-refractivity contribution in [3.05, 3.63) is 35.9 Å². The molecule has 1 heterocycles. The third-order valence-corrected chi connectivity index (χ3v) is 5.21. The predicted octanol–water partition coefficient (Wildman–Crippen LogP) is 1.50. The average Bonchev–Trinajstić information content (AvgIpc) is 2.71. The summed E-state index contributed by atoms with van der Waals surface area (Å²) in [5.74, 6) is 0.0977. The molecule has 0 radical (unpaired) electrons. The first-order valence-corrected chi connectivity index (χ1v) is 8.22. The van der Waals surface area contributed by atoms with Crippen molar-refractivity contribution in [2.45, 2.75) is 56.5 Å². The van der Waals surface area contributed by atoms with Gasteiger partial charge in [-0.2, -0.15) is 0 Å². The fourth-order valence-corrected chi connectivity index (χ4v) is 3.98. The summed E-state index contributed by atoms with van der Waals surface area (Å²) in [5, 5.41) is 24.8. The number of hydrogen-bond donors (Lipinski definition) is 3. The second-order valence-electron chi connectivity index (χ2n) is 7.41. The molecule has 122 valence electrons. The quantitative estimate of drug-likeness (QED) is 0.789. The van der Waals surface area contributed by atoms with Crippen molar-refractivity contribution in [1.82, 2.24) is 5.32 Å². The summed E-state index contributed by atoms with van der Waals surface area (Å²) in [6, 6.07) is 9.94. The molecular formula is C18H27NO3.